The van der Waals surface area contributed by atoms with Gasteiger partial charge in [0, 0.05) is 26.2 Å². The van der Waals surface area contributed by atoms with Crippen LogP contribution in [0.2, 0.25) is 0 Å². The van der Waals surface area contributed by atoms with Gasteiger partial charge in [0.05, 0.1) is 17.2 Å². The average molecular weight is 309 g/mol. The van der Waals surface area contributed by atoms with Gasteiger partial charge in [-0.15, -0.1) is 0 Å². The third kappa shape index (κ3) is 3.90. The lowest BCUT2D eigenvalue weighted by atomic mass is 10.2. The smallest absolute Gasteiger partial charge is 0.240 e. The molecule has 0 aliphatic carbocycles. The third-order valence-corrected chi connectivity index (χ3v) is 4.77. The Balaban J connectivity index is 2.07. The zero-order valence-corrected chi connectivity index (χ0v) is 12.9. The van der Waals surface area contributed by atoms with Crippen molar-refractivity contribution in [2.45, 2.75) is 24.8 Å². The number of hydrogen-bond donors (Lipinski definition) is 2. The van der Waals surface area contributed by atoms with Gasteiger partial charge in [-0.25, -0.2) is 13.1 Å². The maximum Gasteiger partial charge on any atom is 0.240 e. The van der Waals surface area contributed by atoms with Gasteiger partial charge in [0.1, 0.15) is 0 Å². The van der Waals surface area contributed by atoms with Crippen molar-refractivity contribution in [2.75, 3.05) is 6.54 Å². The van der Waals surface area contributed by atoms with Crippen LogP contribution in [0, 0.1) is 6.92 Å². The standard InChI is InChI=1S/C14H19N3O3S/c1-11-3-4-12(10-18)9-14(11)21(19,20)15-7-5-13-6-8-17(2)16-13/h3-4,6,8-9,15,18H,5,7,10H2,1-2H3. The first-order chi connectivity index (χ1) is 9.92. The summed E-state index contributed by atoms with van der Waals surface area (Å²) in [4.78, 5) is 0.204. The SMILES string of the molecule is Cc1ccc(CO)cc1S(=O)(=O)NCCc1ccn(C)n1. The summed E-state index contributed by atoms with van der Waals surface area (Å²) in [6.07, 6.45) is 2.34. The topological polar surface area (TPSA) is 84.2 Å². The summed E-state index contributed by atoms with van der Waals surface area (Å²) in [5, 5.41) is 13.3. The van der Waals surface area contributed by atoms with E-state index in [4.69, 9.17) is 5.11 Å². The Morgan fingerprint density at radius 3 is 2.71 bits per heavy atom. The van der Waals surface area contributed by atoms with Crippen molar-refractivity contribution < 1.29 is 13.5 Å². The van der Waals surface area contributed by atoms with E-state index < -0.39 is 10.0 Å². The van der Waals surface area contributed by atoms with Gasteiger partial charge in [0.15, 0.2) is 0 Å². The molecule has 21 heavy (non-hydrogen) atoms. The Morgan fingerprint density at radius 2 is 2.10 bits per heavy atom. The molecular formula is C14H19N3O3S. The molecule has 0 spiro atoms. The van der Waals surface area contributed by atoms with Crippen LogP contribution in [0.3, 0.4) is 0 Å². The van der Waals surface area contributed by atoms with Gasteiger partial charge in [0.2, 0.25) is 10.0 Å². The van der Waals surface area contributed by atoms with Crippen molar-refractivity contribution in [3.8, 4) is 0 Å². The second-order valence-corrected chi connectivity index (χ2v) is 6.62. The molecule has 0 atom stereocenters. The molecule has 2 aromatic rings. The van der Waals surface area contributed by atoms with Gasteiger partial charge >= 0.3 is 0 Å². The van der Waals surface area contributed by atoms with Crippen LogP contribution in [-0.2, 0) is 30.1 Å². The predicted molar refractivity (Wildman–Crippen MR) is 79.2 cm³/mol. The van der Waals surface area contributed by atoms with Gasteiger partial charge in [-0.1, -0.05) is 12.1 Å². The first-order valence-electron chi connectivity index (χ1n) is 6.61. The maximum atomic E-state index is 12.3. The Kier molecular flexibility index (Phi) is 4.76. The van der Waals surface area contributed by atoms with Crippen LogP contribution in [0.15, 0.2) is 35.4 Å². The monoisotopic (exact) mass is 309 g/mol. The second kappa shape index (κ2) is 6.38. The second-order valence-electron chi connectivity index (χ2n) is 4.89. The molecule has 7 heteroatoms. The van der Waals surface area contributed by atoms with Crippen LogP contribution in [-0.4, -0.2) is 29.8 Å². The van der Waals surface area contributed by atoms with Crippen molar-refractivity contribution >= 4 is 10.0 Å². The first kappa shape index (κ1) is 15.7. The van der Waals surface area contributed by atoms with Crippen molar-refractivity contribution in [2.24, 2.45) is 7.05 Å². The number of nitrogens with zero attached hydrogens (tertiary/aromatic N) is 2. The number of hydrogen-bond acceptors (Lipinski definition) is 4. The molecule has 2 rings (SSSR count). The van der Waals surface area contributed by atoms with E-state index in [9.17, 15) is 8.42 Å². The van der Waals surface area contributed by atoms with Crippen LogP contribution in [0.4, 0.5) is 0 Å². The fourth-order valence-electron chi connectivity index (χ4n) is 2.02. The molecule has 2 N–H and O–H groups in total. The number of aromatic nitrogens is 2. The molecule has 1 aromatic heterocycles. The van der Waals surface area contributed by atoms with Gasteiger partial charge < -0.3 is 5.11 Å². The van der Waals surface area contributed by atoms with E-state index >= 15 is 0 Å². The fraction of sp³-hybridized carbons (Fsp3) is 0.357. The van der Waals surface area contributed by atoms with Gasteiger partial charge in [-0.05, 0) is 30.2 Å². The normalized spacial score (nSPS) is 11.8. The molecule has 1 heterocycles. The Bertz CT molecular complexity index is 723. The van der Waals surface area contributed by atoms with Crippen molar-refractivity contribution in [3.63, 3.8) is 0 Å². The molecule has 0 aliphatic heterocycles. The summed E-state index contributed by atoms with van der Waals surface area (Å²) in [6, 6.07) is 6.76. The molecule has 0 radical (unpaired) electrons. The molecule has 0 amide bonds. The molecule has 0 aliphatic rings. The molecule has 0 saturated carbocycles. The lowest BCUT2D eigenvalue weighted by molar-refractivity contribution is 0.281. The predicted octanol–water partition coefficient (Wildman–Crippen LogP) is 0.742. The summed E-state index contributed by atoms with van der Waals surface area (Å²) in [5.74, 6) is 0. The molecule has 6 nitrogen and oxygen atoms in total. The van der Waals surface area contributed by atoms with Crippen molar-refractivity contribution in [3.05, 3.63) is 47.3 Å². The summed E-state index contributed by atoms with van der Waals surface area (Å²) in [7, 11) is -1.77. The highest BCUT2D eigenvalue weighted by Crippen LogP contribution is 2.17. The number of nitrogens with one attached hydrogen (secondary N) is 1. The van der Waals surface area contributed by atoms with E-state index in [2.05, 4.69) is 9.82 Å². The minimum absolute atomic E-state index is 0.184. The highest BCUT2D eigenvalue weighted by atomic mass is 32.2. The van der Waals surface area contributed by atoms with E-state index in [1.165, 1.54) is 6.07 Å². The summed E-state index contributed by atoms with van der Waals surface area (Å²) in [6.45, 7) is 1.83. The maximum absolute atomic E-state index is 12.3. The zero-order valence-electron chi connectivity index (χ0n) is 12.1. The highest BCUT2D eigenvalue weighted by Gasteiger charge is 2.16. The first-order valence-corrected chi connectivity index (χ1v) is 8.09. The lowest BCUT2D eigenvalue weighted by Crippen LogP contribution is -2.27. The van der Waals surface area contributed by atoms with E-state index in [1.54, 1.807) is 23.7 Å². The Labute approximate surface area is 124 Å². The quantitative estimate of drug-likeness (QED) is 0.824. The number of benzene rings is 1. The number of aliphatic hydroxyl groups is 1. The van der Waals surface area contributed by atoms with Gasteiger partial charge in [-0.2, -0.15) is 5.10 Å². The van der Waals surface area contributed by atoms with Crippen LogP contribution in [0.25, 0.3) is 0 Å². The molecule has 1 aromatic carbocycles. The van der Waals surface area contributed by atoms with Crippen LogP contribution < -0.4 is 4.72 Å². The molecule has 0 bridgehead atoms. The Hall–Kier alpha value is -1.70. The van der Waals surface area contributed by atoms with E-state index in [0.29, 0.717) is 17.5 Å². The Morgan fingerprint density at radius 1 is 1.33 bits per heavy atom. The lowest BCUT2D eigenvalue weighted by Gasteiger charge is -2.10. The molecule has 0 saturated heterocycles. The van der Waals surface area contributed by atoms with Gasteiger partial charge in [0.25, 0.3) is 0 Å². The minimum atomic E-state index is -3.58. The summed E-state index contributed by atoms with van der Waals surface area (Å²) >= 11 is 0. The van der Waals surface area contributed by atoms with Crippen molar-refractivity contribution in [1.82, 2.24) is 14.5 Å². The highest BCUT2D eigenvalue weighted by molar-refractivity contribution is 7.89. The molecular weight excluding hydrogens is 290 g/mol. The van der Waals surface area contributed by atoms with Crippen LogP contribution in [0.1, 0.15) is 16.8 Å². The molecule has 0 unspecified atom stereocenters. The van der Waals surface area contributed by atoms with Crippen molar-refractivity contribution in [1.29, 1.82) is 0 Å². The average Bonchev–Trinajstić information content (AvgIpc) is 2.84. The van der Waals surface area contributed by atoms with E-state index in [-0.39, 0.29) is 18.0 Å². The molecule has 114 valence electrons. The zero-order chi connectivity index (χ0) is 15.5. The number of aryl methyl sites for hydroxylation is 2. The summed E-state index contributed by atoms with van der Waals surface area (Å²) in [5.41, 5.74) is 2.06. The largest absolute Gasteiger partial charge is 0.392 e. The number of sulfonamides is 1. The molecule has 0 fully saturated rings. The van der Waals surface area contributed by atoms with Crippen LogP contribution >= 0.6 is 0 Å². The fourth-order valence-corrected chi connectivity index (χ4v) is 3.34. The minimum Gasteiger partial charge on any atom is -0.392 e. The van der Waals surface area contributed by atoms with Crippen LogP contribution in [0.5, 0.6) is 0 Å². The van der Waals surface area contributed by atoms with E-state index in [1.807, 2.05) is 19.3 Å². The van der Waals surface area contributed by atoms with Gasteiger partial charge in [-0.3, -0.25) is 4.68 Å². The third-order valence-electron chi connectivity index (χ3n) is 3.17. The number of rotatable bonds is 6. The van der Waals surface area contributed by atoms with E-state index in [0.717, 1.165) is 5.69 Å². The summed E-state index contributed by atoms with van der Waals surface area (Å²) < 4.78 is 28.8. The number of aliphatic hydroxyl groups excluding tert-OH is 1.